The van der Waals surface area contributed by atoms with E-state index in [-0.39, 0.29) is 12.3 Å². The van der Waals surface area contributed by atoms with E-state index in [1.807, 2.05) is 0 Å². The van der Waals surface area contributed by atoms with Crippen LogP contribution in [0.4, 0.5) is 0 Å². The van der Waals surface area contributed by atoms with Gasteiger partial charge >= 0.3 is 5.97 Å². The van der Waals surface area contributed by atoms with Gasteiger partial charge in [-0.05, 0) is 0 Å². The van der Waals surface area contributed by atoms with Crippen LogP contribution in [0.15, 0.2) is 0 Å². The van der Waals surface area contributed by atoms with Crippen LogP contribution in [0.5, 0.6) is 0 Å². The van der Waals surface area contributed by atoms with Crippen molar-refractivity contribution in [2.24, 2.45) is 0 Å². The highest BCUT2D eigenvalue weighted by Gasteiger charge is 2.31. The number of carbonyl (C=O) groups excluding carboxylic acids is 1. The lowest BCUT2D eigenvalue weighted by Crippen LogP contribution is -2.50. The largest absolute Gasteiger partial charge is 0.480 e. The molecule has 0 aromatic carbocycles. The van der Waals surface area contributed by atoms with Crippen LogP contribution in [0.1, 0.15) is 6.42 Å². The van der Waals surface area contributed by atoms with Gasteiger partial charge in [0.2, 0.25) is 5.91 Å². The summed E-state index contributed by atoms with van der Waals surface area (Å²) in [5.74, 6) is 0.230. The van der Waals surface area contributed by atoms with Gasteiger partial charge < -0.3 is 14.7 Å². The molecule has 6 heteroatoms. The van der Waals surface area contributed by atoms with Crippen molar-refractivity contribution in [3.05, 3.63) is 0 Å². The molecule has 1 aliphatic heterocycles. The predicted octanol–water partition coefficient (Wildman–Crippen LogP) is 0.0515. The molecule has 0 aliphatic carbocycles. The number of amides is 1. The fraction of sp³-hybridized carbons (Fsp3) is 0.778. The number of rotatable bonds is 4. The Balaban J connectivity index is 2.55. The number of hydrogen-bond acceptors (Lipinski definition) is 4. The van der Waals surface area contributed by atoms with Gasteiger partial charge in [-0.2, -0.15) is 11.8 Å². The van der Waals surface area contributed by atoms with Gasteiger partial charge in [0, 0.05) is 25.2 Å². The van der Waals surface area contributed by atoms with Crippen LogP contribution in [0, 0.1) is 0 Å². The molecule has 1 rings (SSSR count). The number of aliphatic carboxylic acids is 1. The molecule has 1 N–H and O–H groups in total. The number of methoxy groups -OCH3 is 1. The van der Waals surface area contributed by atoms with Crippen molar-refractivity contribution in [1.29, 1.82) is 0 Å². The van der Waals surface area contributed by atoms with Crippen LogP contribution >= 0.6 is 11.8 Å². The van der Waals surface area contributed by atoms with Crippen molar-refractivity contribution in [3.63, 3.8) is 0 Å². The van der Waals surface area contributed by atoms with Gasteiger partial charge in [-0.1, -0.05) is 0 Å². The molecule has 86 valence electrons. The van der Waals surface area contributed by atoms with Crippen LogP contribution in [-0.2, 0) is 14.3 Å². The third kappa shape index (κ3) is 3.39. The molecule has 1 heterocycles. The molecule has 0 radical (unpaired) electrons. The lowest BCUT2D eigenvalue weighted by Gasteiger charge is -2.32. The minimum Gasteiger partial charge on any atom is -0.480 e. The summed E-state index contributed by atoms with van der Waals surface area (Å²) < 4.78 is 4.80. The maximum Gasteiger partial charge on any atom is 0.327 e. The van der Waals surface area contributed by atoms with Crippen LogP contribution < -0.4 is 0 Å². The second-order valence-corrected chi connectivity index (χ2v) is 4.41. The Morgan fingerprint density at radius 3 is 2.93 bits per heavy atom. The first-order valence-corrected chi connectivity index (χ1v) is 5.91. The maximum atomic E-state index is 11.6. The van der Waals surface area contributed by atoms with Gasteiger partial charge in [-0.15, -0.1) is 0 Å². The number of carbonyl (C=O) groups is 2. The molecule has 1 unspecified atom stereocenters. The Hall–Kier alpha value is -0.750. The number of hydrogen-bond donors (Lipinski definition) is 1. The molecule has 1 atom stereocenters. The molecule has 15 heavy (non-hydrogen) atoms. The lowest BCUT2D eigenvalue weighted by molar-refractivity contribution is -0.149. The lowest BCUT2D eigenvalue weighted by atomic mass is 10.2. The summed E-state index contributed by atoms with van der Waals surface area (Å²) in [6.07, 6.45) is 0.255. The fourth-order valence-corrected chi connectivity index (χ4v) is 2.48. The highest BCUT2D eigenvalue weighted by atomic mass is 32.2. The van der Waals surface area contributed by atoms with Crippen LogP contribution in [0.2, 0.25) is 0 Å². The van der Waals surface area contributed by atoms with Gasteiger partial charge in [0.25, 0.3) is 0 Å². The minimum absolute atomic E-state index is 0.135. The highest BCUT2D eigenvalue weighted by Crippen LogP contribution is 2.17. The first-order valence-electron chi connectivity index (χ1n) is 4.75. The number of carboxylic acid groups (broad SMARTS) is 1. The van der Waals surface area contributed by atoms with E-state index in [2.05, 4.69) is 0 Å². The second kappa shape index (κ2) is 5.97. The monoisotopic (exact) mass is 233 g/mol. The summed E-state index contributed by atoms with van der Waals surface area (Å²) in [4.78, 5) is 24.0. The normalized spacial score (nSPS) is 21.4. The Morgan fingerprint density at radius 2 is 2.33 bits per heavy atom. The van der Waals surface area contributed by atoms with E-state index < -0.39 is 12.0 Å². The first kappa shape index (κ1) is 12.3. The molecule has 0 aromatic heterocycles. The Morgan fingerprint density at radius 1 is 1.60 bits per heavy atom. The quantitative estimate of drug-likeness (QED) is 0.743. The third-order valence-corrected chi connectivity index (χ3v) is 3.28. The van der Waals surface area contributed by atoms with Gasteiger partial charge in [0.1, 0.15) is 6.04 Å². The van der Waals surface area contributed by atoms with E-state index in [4.69, 9.17) is 9.84 Å². The van der Waals surface area contributed by atoms with Crippen LogP contribution in [-0.4, -0.2) is 59.7 Å². The first-order chi connectivity index (χ1) is 7.16. The summed E-state index contributed by atoms with van der Waals surface area (Å²) in [7, 11) is 1.52. The van der Waals surface area contributed by atoms with Crippen molar-refractivity contribution in [1.82, 2.24) is 4.90 Å². The van der Waals surface area contributed by atoms with Gasteiger partial charge in [-0.25, -0.2) is 4.79 Å². The maximum absolute atomic E-state index is 11.6. The van der Waals surface area contributed by atoms with Crippen LogP contribution in [0.3, 0.4) is 0 Å². The molecular formula is C9H15NO4S. The van der Waals surface area contributed by atoms with E-state index in [9.17, 15) is 9.59 Å². The predicted molar refractivity (Wildman–Crippen MR) is 57.0 cm³/mol. The van der Waals surface area contributed by atoms with E-state index in [1.165, 1.54) is 12.0 Å². The van der Waals surface area contributed by atoms with Gasteiger partial charge in [0.05, 0.1) is 13.0 Å². The van der Waals surface area contributed by atoms with Crippen molar-refractivity contribution in [2.75, 3.05) is 31.8 Å². The SMILES string of the molecule is COCCC(=O)N1CCSCC1C(=O)O. The van der Waals surface area contributed by atoms with Crippen molar-refractivity contribution < 1.29 is 19.4 Å². The summed E-state index contributed by atoms with van der Waals surface area (Å²) in [5.41, 5.74) is 0. The van der Waals surface area contributed by atoms with Crippen molar-refractivity contribution >= 4 is 23.6 Å². The summed E-state index contributed by atoms with van der Waals surface area (Å²) in [6.45, 7) is 0.860. The topological polar surface area (TPSA) is 66.8 Å². The van der Waals surface area contributed by atoms with E-state index in [0.29, 0.717) is 18.9 Å². The smallest absolute Gasteiger partial charge is 0.327 e. The molecule has 0 aromatic rings. The van der Waals surface area contributed by atoms with Crippen molar-refractivity contribution in [3.8, 4) is 0 Å². The van der Waals surface area contributed by atoms with E-state index in [1.54, 1.807) is 11.8 Å². The molecule has 1 aliphatic rings. The molecule has 1 amide bonds. The summed E-state index contributed by atoms with van der Waals surface area (Å²) >= 11 is 1.57. The number of nitrogens with zero attached hydrogens (tertiary/aromatic N) is 1. The molecule has 0 spiro atoms. The van der Waals surface area contributed by atoms with Gasteiger partial charge in [-0.3, -0.25) is 4.79 Å². The molecule has 0 saturated carbocycles. The molecule has 1 saturated heterocycles. The molecule has 0 bridgehead atoms. The van der Waals surface area contributed by atoms with E-state index in [0.717, 1.165) is 5.75 Å². The Labute approximate surface area is 92.8 Å². The van der Waals surface area contributed by atoms with Crippen LogP contribution in [0.25, 0.3) is 0 Å². The molecule has 5 nitrogen and oxygen atoms in total. The number of carboxylic acids is 1. The highest BCUT2D eigenvalue weighted by molar-refractivity contribution is 7.99. The minimum atomic E-state index is -0.923. The zero-order valence-corrected chi connectivity index (χ0v) is 9.46. The fourth-order valence-electron chi connectivity index (χ4n) is 1.44. The second-order valence-electron chi connectivity index (χ2n) is 3.26. The zero-order chi connectivity index (χ0) is 11.3. The van der Waals surface area contributed by atoms with Crippen molar-refractivity contribution in [2.45, 2.75) is 12.5 Å². The Bertz CT molecular complexity index is 246. The average molecular weight is 233 g/mol. The zero-order valence-electron chi connectivity index (χ0n) is 8.64. The molecule has 1 fully saturated rings. The van der Waals surface area contributed by atoms with Gasteiger partial charge in [0.15, 0.2) is 0 Å². The standard InChI is InChI=1S/C9H15NO4S/c1-14-4-2-8(11)10-3-5-15-6-7(10)9(12)13/h7H,2-6H2,1H3,(H,12,13). The van der Waals surface area contributed by atoms with E-state index >= 15 is 0 Å². The summed E-state index contributed by atoms with van der Waals surface area (Å²) in [6, 6.07) is -0.673. The third-order valence-electron chi connectivity index (χ3n) is 2.25. The summed E-state index contributed by atoms with van der Waals surface area (Å²) in [5, 5.41) is 8.94. The average Bonchev–Trinajstić information content (AvgIpc) is 2.25. The number of ether oxygens (including phenoxy) is 1. The Kier molecular flexibility index (Phi) is 4.90. The molecular weight excluding hydrogens is 218 g/mol. The number of thioether (sulfide) groups is 1.